The Hall–Kier alpha value is -1.95. The molecule has 0 radical (unpaired) electrons. The molecule has 3 rings (SSSR count). The normalized spacial score (nSPS) is 18.2. The van der Waals surface area contributed by atoms with Gasteiger partial charge in [-0.15, -0.1) is 0 Å². The van der Waals surface area contributed by atoms with Gasteiger partial charge in [0.1, 0.15) is 0 Å². The summed E-state index contributed by atoms with van der Waals surface area (Å²) in [6, 6.07) is 4.06. The fourth-order valence-electron chi connectivity index (χ4n) is 3.22. The predicted molar refractivity (Wildman–Crippen MR) is 94.8 cm³/mol. The Balaban J connectivity index is 1.69. The Bertz CT molecular complexity index is 710. The lowest BCUT2D eigenvalue weighted by Crippen LogP contribution is -2.30. The summed E-state index contributed by atoms with van der Waals surface area (Å²) in [5.41, 5.74) is 2.04. The maximum absolute atomic E-state index is 12.0. The molecule has 1 amide bonds. The zero-order valence-electron chi connectivity index (χ0n) is 14.8. The Labute approximate surface area is 143 Å². The van der Waals surface area contributed by atoms with Crippen LogP contribution >= 0.6 is 0 Å². The molecule has 1 aliphatic rings. The second-order valence-electron chi connectivity index (χ2n) is 7.76. The molecule has 0 saturated carbocycles. The molecular formula is C18H27N5O. The van der Waals surface area contributed by atoms with Crippen molar-refractivity contribution in [2.24, 2.45) is 5.41 Å². The minimum absolute atomic E-state index is 0.00663. The number of carbonyl (C=O) groups is 1. The second kappa shape index (κ2) is 6.89. The molecule has 24 heavy (non-hydrogen) atoms. The number of amides is 1. The summed E-state index contributed by atoms with van der Waals surface area (Å²) in [6.07, 6.45) is 3.45. The van der Waals surface area contributed by atoms with Gasteiger partial charge in [0.2, 0.25) is 5.91 Å². The van der Waals surface area contributed by atoms with Gasteiger partial charge in [0.25, 0.3) is 0 Å². The molecule has 3 heterocycles. The summed E-state index contributed by atoms with van der Waals surface area (Å²) >= 11 is 0. The summed E-state index contributed by atoms with van der Waals surface area (Å²) in [5.74, 6) is 0.542. The van der Waals surface area contributed by atoms with Crippen molar-refractivity contribution in [1.82, 2.24) is 25.4 Å². The largest absolute Gasteiger partial charge is 0.354 e. The Kier molecular flexibility index (Phi) is 4.85. The van der Waals surface area contributed by atoms with E-state index in [0.717, 1.165) is 36.2 Å². The molecular weight excluding hydrogens is 302 g/mol. The fraction of sp³-hybridized carbons (Fsp3) is 0.611. The minimum Gasteiger partial charge on any atom is -0.354 e. The number of hydrogen-bond acceptors (Lipinski definition) is 4. The van der Waals surface area contributed by atoms with Crippen LogP contribution in [0, 0.1) is 5.41 Å². The van der Waals surface area contributed by atoms with Crippen molar-refractivity contribution in [3.05, 3.63) is 24.0 Å². The third-order valence-electron chi connectivity index (χ3n) is 4.32. The zero-order chi connectivity index (χ0) is 17.2. The van der Waals surface area contributed by atoms with Gasteiger partial charge in [-0.3, -0.25) is 4.79 Å². The first-order valence-corrected chi connectivity index (χ1v) is 8.73. The van der Waals surface area contributed by atoms with Gasteiger partial charge in [0.15, 0.2) is 5.65 Å². The maximum Gasteiger partial charge on any atom is 0.220 e. The lowest BCUT2D eigenvalue weighted by molar-refractivity contribution is -0.122. The molecule has 130 valence electrons. The number of aromatic nitrogens is 3. The van der Waals surface area contributed by atoms with E-state index in [4.69, 9.17) is 5.10 Å². The van der Waals surface area contributed by atoms with E-state index in [2.05, 4.69) is 42.5 Å². The number of pyridine rings is 1. The van der Waals surface area contributed by atoms with Gasteiger partial charge in [-0.05, 0) is 30.5 Å². The molecule has 2 aromatic rings. The van der Waals surface area contributed by atoms with Gasteiger partial charge in [-0.2, -0.15) is 5.10 Å². The highest BCUT2D eigenvalue weighted by atomic mass is 16.1. The van der Waals surface area contributed by atoms with E-state index < -0.39 is 0 Å². The van der Waals surface area contributed by atoms with Crippen molar-refractivity contribution in [2.45, 2.75) is 46.1 Å². The molecule has 0 bridgehead atoms. The molecule has 0 spiro atoms. The van der Waals surface area contributed by atoms with Gasteiger partial charge >= 0.3 is 0 Å². The van der Waals surface area contributed by atoms with E-state index in [9.17, 15) is 4.79 Å². The summed E-state index contributed by atoms with van der Waals surface area (Å²) in [6.45, 7) is 9.44. The fourth-order valence-corrected chi connectivity index (χ4v) is 3.22. The van der Waals surface area contributed by atoms with Crippen LogP contribution in [0.5, 0.6) is 0 Å². The smallest absolute Gasteiger partial charge is 0.220 e. The van der Waals surface area contributed by atoms with Crippen molar-refractivity contribution in [3.63, 3.8) is 0 Å². The van der Waals surface area contributed by atoms with Gasteiger partial charge in [0, 0.05) is 37.0 Å². The highest BCUT2D eigenvalue weighted by Gasteiger charge is 2.23. The first-order chi connectivity index (χ1) is 11.4. The lowest BCUT2D eigenvalue weighted by Gasteiger charge is -2.17. The number of fused-ring (bicyclic) bond motifs is 1. The van der Waals surface area contributed by atoms with E-state index in [1.807, 2.05) is 10.7 Å². The molecule has 0 aliphatic carbocycles. The van der Waals surface area contributed by atoms with Crippen molar-refractivity contribution >= 4 is 16.9 Å². The van der Waals surface area contributed by atoms with Crippen molar-refractivity contribution in [3.8, 4) is 0 Å². The number of rotatable bonds is 5. The molecule has 2 aromatic heterocycles. The molecule has 0 aromatic carbocycles. The van der Waals surface area contributed by atoms with E-state index in [-0.39, 0.29) is 11.3 Å². The summed E-state index contributed by atoms with van der Waals surface area (Å²) < 4.78 is 1.93. The van der Waals surface area contributed by atoms with Gasteiger partial charge in [0.05, 0.1) is 12.2 Å². The monoisotopic (exact) mass is 329 g/mol. The van der Waals surface area contributed by atoms with E-state index in [1.165, 1.54) is 0 Å². The highest BCUT2D eigenvalue weighted by Crippen LogP contribution is 2.27. The quantitative estimate of drug-likeness (QED) is 0.881. The van der Waals surface area contributed by atoms with E-state index in [1.54, 1.807) is 6.20 Å². The van der Waals surface area contributed by atoms with Crippen LogP contribution in [0.4, 0.5) is 0 Å². The summed E-state index contributed by atoms with van der Waals surface area (Å²) in [4.78, 5) is 16.5. The van der Waals surface area contributed by atoms with Gasteiger partial charge in [-0.1, -0.05) is 20.8 Å². The molecule has 2 N–H and O–H groups in total. The van der Waals surface area contributed by atoms with Crippen LogP contribution in [0.3, 0.4) is 0 Å². The Morgan fingerprint density at radius 1 is 1.46 bits per heavy atom. The SMILES string of the molecule is CC(C)(C)CC(=O)NCCn1nc([C@@H]2CCNC2)c2cccnc21. The van der Waals surface area contributed by atoms with Crippen LogP contribution in [0.25, 0.3) is 11.0 Å². The van der Waals surface area contributed by atoms with E-state index >= 15 is 0 Å². The standard InChI is InChI=1S/C18H27N5O/c1-18(2,3)11-15(24)20-9-10-23-17-14(5-4-7-21-17)16(22-23)13-6-8-19-12-13/h4-5,7,13,19H,6,8-12H2,1-3H3,(H,20,24)/t13-/m1/s1. The average Bonchev–Trinajstić information content (AvgIpc) is 3.13. The molecule has 6 heteroatoms. The van der Waals surface area contributed by atoms with Crippen LogP contribution in [-0.2, 0) is 11.3 Å². The van der Waals surface area contributed by atoms with E-state index in [0.29, 0.717) is 25.4 Å². The lowest BCUT2D eigenvalue weighted by atomic mass is 9.92. The van der Waals surface area contributed by atoms with Crippen molar-refractivity contribution in [2.75, 3.05) is 19.6 Å². The summed E-state index contributed by atoms with van der Waals surface area (Å²) in [7, 11) is 0. The van der Waals surface area contributed by atoms with Crippen molar-refractivity contribution in [1.29, 1.82) is 0 Å². The topological polar surface area (TPSA) is 71.8 Å². The Morgan fingerprint density at radius 3 is 3.00 bits per heavy atom. The van der Waals surface area contributed by atoms with Crippen molar-refractivity contribution < 1.29 is 4.79 Å². The molecule has 1 aliphatic heterocycles. The molecule has 6 nitrogen and oxygen atoms in total. The molecule has 0 unspecified atom stereocenters. The highest BCUT2D eigenvalue weighted by molar-refractivity contribution is 5.79. The third kappa shape index (κ3) is 3.93. The third-order valence-corrected chi connectivity index (χ3v) is 4.32. The van der Waals surface area contributed by atoms with Crippen LogP contribution in [0.1, 0.15) is 45.2 Å². The maximum atomic E-state index is 12.0. The number of carbonyl (C=O) groups excluding carboxylic acids is 1. The zero-order valence-corrected chi connectivity index (χ0v) is 14.8. The Morgan fingerprint density at radius 2 is 2.29 bits per heavy atom. The summed E-state index contributed by atoms with van der Waals surface area (Å²) in [5, 5.41) is 12.3. The minimum atomic E-state index is 0.00663. The number of nitrogens with zero attached hydrogens (tertiary/aromatic N) is 3. The molecule has 1 fully saturated rings. The number of nitrogens with one attached hydrogen (secondary N) is 2. The predicted octanol–water partition coefficient (Wildman–Crippen LogP) is 2.06. The van der Waals surface area contributed by atoms with Crippen LogP contribution in [0.15, 0.2) is 18.3 Å². The first kappa shape index (κ1) is 16.9. The van der Waals surface area contributed by atoms with Crippen LogP contribution < -0.4 is 10.6 Å². The molecule has 1 saturated heterocycles. The molecule has 1 atom stereocenters. The van der Waals surface area contributed by atoms with Gasteiger partial charge < -0.3 is 10.6 Å². The second-order valence-corrected chi connectivity index (χ2v) is 7.76. The average molecular weight is 329 g/mol. The number of hydrogen-bond donors (Lipinski definition) is 2. The first-order valence-electron chi connectivity index (χ1n) is 8.73. The van der Waals surface area contributed by atoms with Crippen LogP contribution in [-0.4, -0.2) is 40.3 Å². The van der Waals surface area contributed by atoms with Crippen LogP contribution in [0.2, 0.25) is 0 Å². The van der Waals surface area contributed by atoms with Gasteiger partial charge in [-0.25, -0.2) is 9.67 Å².